The molecular formula is C20H26ClN3O2. The lowest BCUT2D eigenvalue weighted by molar-refractivity contribution is -0.132. The molecule has 140 valence electrons. The molecular weight excluding hydrogens is 350 g/mol. The van der Waals surface area contributed by atoms with Crippen molar-refractivity contribution >= 4 is 18.3 Å². The molecule has 0 saturated carbocycles. The summed E-state index contributed by atoms with van der Waals surface area (Å²) in [5, 5.41) is 0. The van der Waals surface area contributed by atoms with Gasteiger partial charge in [0.2, 0.25) is 5.91 Å². The summed E-state index contributed by atoms with van der Waals surface area (Å²) >= 11 is 0. The molecule has 26 heavy (non-hydrogen) atoms. The van der Waals surface area contributed by atoms with E-state index in [0.717, 1.165) is 50.5 Å². The van der Waals surface area contributed by atoms with Crippen LogP contribution in [0.1, 0.15) is 11.1 Å². The summed E-state index contributed by atoms with van der Waals surface area (Å²) in [5.74, 6) is 1.03. The summed E-state index contributed by atoms with van der Waals surface area (Å²) < 4.78 is 5.15. The predicted octanol–water partition coefficient (Wildman–Crippen LogP) is 2.44. The Morgan fingerprint density at radius 3 is 2.27 bits per heavy atom. The lowest BCUT2D eigenvalue weighted by Gasteiger charge is -2.34. The molecule has 2 heterocycles. The number of ether oxygens (including phenoxy) is 1. The Hall–Kier alpha value is -2.11. The zero-order valence-corrected chi connectivity index (χ0v) is 16.0. The van der Waals surface area contributed by atoms with E-state index in [9.17, 15) is 4.79 Å². The molecule has 0 radical (unpaired) electrons. The van der Waals surface area contributed by atoms with Gasteiger partial charge in [-0.15, -0.1) is 12.4 Å². The maximum absolute atomic E-state index is 12.5. The van der Waals surface area contributed by atoms with Crippen LogP contribution in [0.15, 0.2) is 48.8 Å². The van der Waals surface area contributed by atoms with Crippen molar-refractivity contribution in [2.24, 2.45) is 0 Å². The van der Waals surface area contributed by atoms with Gasteiger partial charge in [-0.3, -0.25) is 14.7 Å². The summed E-state index contributed by atoms with van der Waals surface area (Å²) in [6.45, 7) is 4.54. The number of benzene rings is 1. The summed E-state index contributed by atoms with van der Waals surface area (Å²) in [4.78, 5) is 20.9. The molecule has 0 unspecified atom stereocenters. The van der Waals surface area contributed by atoms with Crippen molar-refractivity contribution in [3.05, 3.63) is 59.9 Å². The predicted molar refractivity (Wildman–Crippen MR) is 105 cm³/mol. The van der Waals surface area contributed by atoms with Gasteiger partial charge in [0.1, 0.15) is 5.75 Å². The molecule has 1 fully saturated rings. The SMILES string of the molecule is COc1ccc(CC(=O)N2CCN(CCc3ccncc3)CC2)cc1.Cl. The van der Waals surface area contributed by atoms with Gasteiger partial charge in [0.25, 0.3) is 0 Å². The zero-order chi connectivity index (χ0) is 17.5. The van der Waals surface area contributed by atoms with Crippen LogP contribution in [0.4, 0.5) is 0 Å². The zero-order valence-electron chi connectivity index (χ0n) is 15.1. The largest absolute Gasteiger partial charge is 0.497 e. The number of piperazine rings is 1. The van der Waals surface area contributed by atoms with E-state index >= 15 is 0 Å². The quantitative estimate of drug-likeness (QED) is 0.778. The Morgan fingerprint density at radius 1 is 1.00 bits per heavy atom. The second-order valence-corrected chi connectivity index (χ2v) is 6.35. The number of hydrogen-bond donors (Lipinski definition) is 0. The fraction of sp³-hybridized carbons (Fsp3) is 0.400. The lowest BCUT2D eigenvalue weighted by atomic mass is 10.1. The standard InChI is InChI=1S/C20H25N3O2.ClH/c1-25-19-4-2-18(3-5-19)16-20(24)23-14-12-22(13-15-23)11-8-17-6-9-21-10-7-17;/h2-7,9-10H,8,11-16H2,1H3;1H. The molecule has 1 amide bonds. The molecule has 2 aromatic rings. The highest BCUT2D eigenvalue weighted by molar-refractivity contribution is 5.85. The van der Waals surface area contributed by atoms with E-state index in [1.54, 1.807) is 7.11 Å². The molecule has 0 aliphatic carbocycles. The van der Waals surface area contributed by atoms with Crippen LogP contribution in [0.3, 0.4) is 0 Å². The van der Waals surface area contributed by atoms with Crippen molar-refractivity contribution in [3.8, 4) is 5.75 Å². The van der Waals surface area contributed by atoms with Crippen LogP contribution < -0.4 is 4.74 Å². The second-order valence-electron chi connectivity index (χ2n) is 6.35. The highest BCUT2D eigenvalue weighted by Gasteiger charge is 2.20. The first kappa shape index (κ1) is 20.2. The molecule has 1 aromatic carbocycles. The smallest absolute Gasteiger partial charge is 0.227 e. The Balaban J connectivity index is 0.00000243. The van der Waals surface area contributed by atoms with E-state index in [1.165, 1.54) is 5.56 Å². The molecule has 1 aliphatic rings. The minimum Gasteiger partial charge on any atom is -0.497 e. The van der Waals surface area contributed by atoms with Crippen LogP contribution in [-0.2, 0) is 17.6 Å². The maximum Gasteiger partial charge on any atom is 0.227 e. The molecule has 1 aromatic heterocycles. The number of aromatic nitrogens is 1. The van der Waals surface area contributed by atoms with Gasteiger partial charge in [0.15, 0.2) is 0 Å². The van der Waals surface area contributed by atoms with E-state index in [2.05, 4.69) is 22.0 Å². The monoisotopic (exact) mass is 375 g/mol. The van der Waals surface area contributed by atoms with Crippen molar-refractivity contribution in [2.75, 3.05) is 39.8 Å². The van der Waals surface area contributed by atoms with Gasteiger partial charge in [-0.2, -0.15) is 0 Å². The van der Waals surface area contributed by atoms with Gasteiger partial charge in [-0.1, -0.05) is 12.1 Å². The summed E-state index contributed by atoms with van der Waals surface area (Å²) in [6, 6.07) is 11.9. The summed E-state index contributed by atoms with van der Waals surface area (Å²) in [6.07, 6.45) is 5.17. The third kappa shape index (κ3) is 5.71. The number of halogens is 1. The number of carbonyl (C=O) groups is 1. The third-order valence-electron chi connectivity index (χ3n) is 4.71. The Morgan fingerprint density at radius 2 is 1.65 bits per heavy atom. The number of methoxy groups -OCH3 is 1. The number of pyridine rings is 1. The number of rotatable bonds is 6. The highest BCUT2D eigenvalue weighted by Crippen LogP contribution is 2.13. The Labute approximate surface area is 161 Å². The van der Waals surface area contributed by atoms with Crippen molar-refractivity contribution in [1.29, 1.82) is 0 Å². The molecule has 0 N–H and O–H groups in total. The lowest BCUT2D eigenvalue weighted by Crippen LogP contribution is -2.49. The first-order valence-electron chi connectivity index (χ1n) is 8.76. The van der Waals surface area contributed by atoms with Crippen LogP contribution in [-0.4, -0.2) is 60.5 Å². The second kappa shape index (κ2) is 10.1. The Kier molecular flexibility index (Phi) is 7.88. The first-order valence-corrected chi connectivity index (χ1v) is 8.76. The van der Waals surface area contributed by atoms with Crippen LogP contribution in [0, 0.1) is 0 Å². The molecule has 1 aliphatic heterocycles. The fourth-order valence-electron chi connectivity index (χ4n) is 3.09. The number of hydrogen-bond acceptors (Lipinski definition) is 4. The minimum atomic E-state index is 0. The average Bonchev–Trinajstić information content (AvgIpc) is 2.68. The van der Waals surface area contributed by atoms with E-state index < -0.39 is 0 Å². The maximum atomic E-state index is 12.5. The average molecular weight is 376 g/mol. The van der Waals surface area contributed by atoms with Gasteiger partial charge in [0.05, 0.1) is 13.5 Å². The van der Waals surface area contributed by atoms with E-state index in [0.29, 0.717) is 6.42 Å². The molecule has 5 nitrogen and oxygen atoms in total. The van der Waals surface area contributed by atoms with Crippen LogP contribution in [0.5, 0.6) is 5.75 Å². The number of carbonyl (C=O) groups excluding carboxylic acids is 1. The normalized spacial score (nSPS) is 14.6. The molecule has 0 bridgehead atoms. The summed E-state index contributed by atoms with van der Waals surface area (Å²) in [5.41, 5.74) is 2.35. The molecule has 1 saturated heterocycles. The van der Waals surface area contributed by atoms with Gasteiger partial charge < -0.3 is 9.64 Å². The molecule has 0 atom stereocenters. The highest BCUT2D eigenvalue weighted by atomic mass is 35.5. The molecule has 6 heteroatoms. The van der Waals surface area contributed by atoms with Gasteiger partial charge in [-0.05, 0) is 41.8 Å². The molecule has 3 rings (SSSR count). The van der Waals surface area contributed by atoms with Crippen molar-refractivity contribution in [2.45, 2.75) is 12.8 Å². The number of nitrogens with zero attached hydrogens (tertiary/aromatic N) is 3. The summed E-state index contributed by atoms with van der Waals surface area (Å²) in [7, 11) is 1.65. The number of amides is 1. The van der Waals surface area contributed by atoms with Gasteiger partial charge >= 0.3 is 0 Å². The fourth-order valence-corrected chi connectivity index (χ4v) is 3.09. The minimum absolute atomic E-state index is 0. The van der Waals surface area contributed by atoms with Gasteiger partial charge in [-0.25, -0.2) is 0 Å². The van der Waals surface area contributed by atoms with Crippen LogP contribution in [0.25, 0.3) is 0 Å². The van der Waals surface area contributed by atoms with Gasteiger partial charge in [0, 0.05) is 45.1 Å². The van der Waals surface area contributed by atoms with E-state index in [-0.39, 0.29) is 18.3 Å². The van der Waals surface area contributed by atoms with Crippen molar-refractivity contribution < 1.29 is 9.53 Å². The third-order valence-corrected chi connectivity index (χ3v) is 4.71. The molecule has 0 spiro atoms. The van der Waals surface area contributed by atoms with Crippen molar-refractivity contribution in [3.63, 3.8) is 0 Å². The first-order chi connectivity index (χ1) is 12.2. The Bertz CT molecular complexity index is 671. The van der Waals surface area contributed by atoms with E-state index in [1.807, 2.05) is 41.6 Å². The van der Waals surface area contributed by atoms with Crippen LogP contribution in [0.2, 0.25) is 0 Å². The van der Waals surface area contributed by atoms with Crippen molar-refractivity contribution in [1.82, 2.24) is 14.8 Å². The van der Waals surface area contributed by atoms with E-state index in [4.69, 9.17) is 4.74 Å². The topological polar surface area (TPSA) is 45.7 Å². The van der Waals surface area contributed by atoms with Crippen LogP contribution >= 0.6 is 12.4 Å².